The van der Waals surface area contributed by atoms with Gasteiger partial charge in [0.05, 0.1) is 0 Å². The number of likely N-dealkylation sites (N-methyl/N-ethyl adjacent to an activating group) is 1. The Kier molecular flexibility index (Phi) is 4.22. The van der Waals surface area contributed by atoms with Crippen LogP contribution >= 0.6 is 0 Å². The Morgan fingerprint density at radius 3 is 2.74 bits per heavy atom. The molecule has 0 aliphatic rings. The average Bonchev–Trinajstić information content (AvgIpc) is 2.94. The lowest BCUT2D eigenvalue weighted by Crippen LogP contribution is -2.29. The lowest BCUT2D eigenvalue weighted by Gasteiger charge is -2.14. The van der Waals surface area contributed by atoms with E-state index in [-0.39, 0.29) is 11.7 Å². The Hall–Kier alpha value is -2.24. The molecule has 6 heteroatoms. The van der Waals surface area contributed by atoms with Crippen LogP contribution in [0.25, 0.3) is 0 Å². The molecular weight excluding hydrogens is 242 g/mol. The van der Waals surface area contributed by atoms with Crippen molar-refractivity contribution >= 4 is 5.91 Å². The Labute approximate surface area is 111 Å². The lowest BCUT2D eigenvalue weighted by atomic mass is 10.2. The first-order valence-electron chi connectivity index (χ1n) is 6.26. The molecule has 19 heavy (non-hydrogen) atoms. The summed E-state index contributed by atoms with van der Waals surface area (Å²) in [6.07, 6.45) is 5.02. The number of carbonyl (C=O) groups is 1. The molecule has 0 fully saturated rings. The molecule has 2 aromatic heterocycles. The highest BCUT2D eigenvalue weighted by Gasteiger charge is 2.16. The molecule has 1 N–H and O–H groups in total. The second kappa shape index (κ2) is 6.08. The number of aromatic nitrogens is 4. The first-order valence-corrected chi connectivity index (χ1v) is 6.26. The molecule has 0 atom stereocenters. The summed E-state index contributed by atoms with van der Waals surface area (Å²) in [5.41, 5.74) is 1.15. The minimum Gasteiger partial charge on any atom is -0.339 e. The van der Waals surface area contributed by atoms with Crippen molar-refractivity contribution in [1.29, 1.82) is 0 Å². The van der Waals surface area contributed by atoms with E-state index in [1.807, 2.05) is 19.1 Å². The Morgan fingerprint density at radius 2 is 2.11 bits per heavy atom. The van der Waals surface area contributed by atoms with Gasteiger partial charge >= 0.3 is 0 Å². The van der Waals surface area contributed by atoms with Gasteiger partial charge in [-0.15, -0.1) is 5.10 Å². The molecule has 0 bridgehead atoms. The van der Waals surface area contributed by atoms with Gasteiger partial charge in [0, 0.05) is 32.4 Å². The van der Waals surface area contributed by atoms with Crippen LogP contribution in [0.15, 0.2) is 24.5 Å². The zero-order valence-corrected chi connectivity index (χ0v) is 11.1. The molecule has 0 unspecified atom stereocenters. The molecule has 2 aromatic rings. The summed E-state index contributed by atoms with van der Waals surface area (Å²) in [6, 6.07) is 3.89. The van der Waals surface area contributed by atoms with Gasteiger partial charge in [0.25, 0.3) is 5.91 Å². The molecule has 0 spiro atoms. The van der Waals surface area contributed by atoms with Crippen molar-refractivity contribution in [3.05, 3.63) is 41.7 Å². The molecular formula is C13H17N5O. The predicted molar refractivity (Wildman–Crippen MR) is 70.7 cm³/mol. The van der Waals surface area contributed by atoms with E-state index in [2.05, 4.69) is 20.2 Å². The van der Waals surface area contributed by atoms with Crippen molar-refractivity contribution in [2.45, 2.75) is 19.8 Å². The highest BCUT2D eigenvalue weighted by Crippen LogP contribution is 2.02. The fraction of sp³-hybridized carbons (Fsp3) is 0.385. The third kappa shape index (κ3) is 3.37. The van der Waals surface area contributed by atoms with Gasteiger partial charge in [-0.1, -0.05) is 6.92 Å². The van der Waals surface area contributed by atoms with E-state index in [4.69, 9.17) is 0 Å². The van der Waals surface area contributed by atoms with E-state index >= 15 is 0 Å². The van der Waals surface area contributed by atoms with Crippen molar-refractivity contribution in [3.63, 3.8) is 0 Å². The monoisotopic (exact) mass is 259 g/mol. The first-order chi connectivity index (χ1) is 9.20. The van der Waals surface area contributed by atoms with Crippen molar-refractivity contribution in [2.24, 2.45) is 0 Å². The highest BCUT2D eigenvalue weighted by molar-refractivity contribution is 5.90. The number of amides is 1. The number of aromatic amines is 1. The Bertz CT molecular complexity index is 537. The van der Waals surface area contributed by atoms with E-state index in [1.54, 1.807) is 24.3 Å². The molecule has 2 rings (SSSR count). The number of rotatable bonds is 5. The van der Waals surface area contributed by atoms with Gasteiger partial charge < -0.3 is 4.90 Å². The van der Waals surface area contributed by atoms with Crippen LogP contribution in [0.5, 0.6) is 0 Å². The summed E-state index contributed by atoms with van der Waals surface area (Å²) in [6.45, 7) is 2.58. The maximum absolute atomic E-state index is 12.1. The molecule has 1 amide bonds. The zero-order chi connectivity index (χ0) is 13.7. The van der Waals surface area contributed by atoms with Crippen molar-refractivity contribution in [2.75, 3.05) is 13.6 Å². The van der Waals surface area contributed by atoms with Crippen LogP contribution in [0.2, 0.25) is 0 Å². The summed E-state index contributed by atoms with van der Waals surface area (Å²) >= 11 is 0. The van der Waals surface area contributed by atoms with E-state index < -0.39 is 0 Å². The van der Waals surface area contributed by atoms with E-state index in [9.17, 15) is 4.79 Å². The third-order valence-electron chi connectivity index (χ3n) is 2.89. The molecule has 0 radical (unpaired) electrons. The largest absolute Gasteiger partial charge is 0.339 e. The van der Waals surface area contributed by atoms with Gasteiger partial charge in [-0.2, -0.15) is 0 Å². The van der Waals surface area contributed by atoms with Crippen LogP contribution in [0.1, 0.15) is 28.9 Å². The van der Waals surface area contributed by atoms with Crippen molar-refractivity contribution in [1.82, 2.24) is 25.1 Å². The second-order valence-corrected chi connectivity index (χ2v) is 4.29. The van der Waals surface area contributed by atoms with E-state index in [0.29, 0.717) is 6.54 Å². The number of hydrogen-bond acceptors (Lipinski definition) is 4. The third-order valence-corrected chi connectivity index (χ3v) is 2.89. The standard InChI is InChI=1S/C13H17N5O/c1-3-11-15-12(17-16-11)13(19)18(2)9-6-10-4-7-14-8-5-10/h4-5,7-8H,3,6,9H2,1-2H3,(H,15,16,17). The summed E-state index contributed by atoms with van der Waals surface area (Å²) in [4.78, 5) is 21.8. The lowest BCUT2D eigenvalue weighted by molar-refractivity contribution is 0.0785. The summed E-state index contributed by atoms with van der Waals surface area (Å²) in [5.74, 6) is 0.796. The van der Waals surface area contributed by atoms with E-state index in [1.165, 1.54) is 0 Å². The Balaban J connectivity index is 1.92. The predicted octanol–water partition coefficient (Wildman–Crippen LogP) is 1.08. The number of carbonyl (C=O) groups excluding carboxylic acids is 1. The molecule has 0 aliphatic carbocycles. The second-order valence-electron chi connectivity index (χ2n) is 4.29. The number of hydrogen-bond donors (Lipinski definition) is 1. The maximum Gasteiger partial charge on any atom is 0.293 e. The van der Waals surface area contributed by atoms with Crippen LogP contribution in [0, 0.1) is 0 Å². The number of nitrogens with zero attached hydrogens (tertiary/aromatic N) is 4. The van der Waals surface area contributed by atoms with Crippen molar-refractivity contribution < 1.29 is 4.79 Å². The molecule has 0 saturated heterocycles. The summed E-state index contributed by atoms with van der Waals surface area (Å²) in [7, 11) is 1.76. The molecule has 6 nitrogen and oxygen atoms in total. The fourth-order valence-electron chi connectivity index (χ4n) is 1.67. The van der Waals surface area contributed by atoms with Crippen LogP contribution < -0.4 is 0 Å². The normalized spacial score (nSPS) is 10.4. The van der Waals surface area contributed by atoms with Gasteiger partial charge in [0.1, 0.15) is 5.82 Å². The average molecular weight is 259 g/mol. The van der Waals surface area contributed by atoms with Gasteiger partial charge in [-0.05, 0) is 24.1 Å². The number of aryl methyl sites for hydroxylation is 1. The Morgan fingerprint density at radius 1 is 1.37 bits per heavy atom. The van der Waals surface area contributed by atoms with Crippen molar-refractivity contribution in [3.8, 4) is 0 Å². The highest BCUT2D eigenvalue weighted by atomic mass is 16.2. The van der Waals surface area contributed by atoms with Crippen LogP contribution in [-0.4, -0.2) is 44.6 Å². The molecule has 0 saturated carbocycles. The summed E-state index contributed by atoms with van der Waals surface area (Å²) in [5, 5.41) is 6.67. The van der Waals surface area contributed by atoms with Gasteiger partial charge in [0.15, 0.2) is 0 Å². The van der Waals surface area contributed by atoms with Gasteiger partial charge in [-0.3, -0.25) is 14.9 Å². The molecule has 2 heterocycles. The zero-order valence-electron chi connectivity index (χ0n) is 11.1. The van der Waals surface area contributed by atoms with Crippen LogP contribution in [0.3, 0.4) is 0 Å². The first kappa shape index (κ1) is 13.2. The number of nitrogens with one attached hydrogen (secondary N) is 1. The molecule has 0 aromatic carbocycles. The van der Waals surface area contributed by atoms with E-state index in [0.717, 1.165) is 24.2 Å². The summed E-state index contributed by atoms with van der Waals surface area (Å²) < 4.78 is 0. The smallest absolute Gasteiger partial charge is 0.293 e. The maximum atomic E-state index is 12.1. The minimum atomic E-state index is -0.162. The quantitative estimate of drug-likeness (QED) is 0.871. The minimum absolute atomic E-state index is 0.162. The molecule has 0 aliphatic heterocycles. The van der Waals surface area contributed by atoms with Crippen LogP contribution in [0.4, 0.5) is 0 Å². The topological polar surface area (TPSA) is 74.8 Å². The van der Waals surface area contributed by atoms with Gasteiger partial charge in [-0.25, -0.2) is 4.98 Å². The molecule has 100 valence electrons. The van der Waals surface area contributed by atoms with Gasteiger partial charge in [0.2, 0.25) is 5.82 Å². The number of pyridine rings is 1. The number of H-pyrrole nitrogens is 1. The SMILES string of the molecule is CCc1nc(C(=O)N(C)CCc2ccncc2)n[nH]1. The van der Waals surface area contributed by atoms with Crippen LogP contribution in [-0.2, 0) is 12.8 Å². The fourth-order valence-corrected chi connectivity index (χ4v) is 1.67.